The summed E-state index contributed by atoms with van der Waals surface area (Å²) in [5, 5.41) is 4.86. The van der Waals surface area contributed by atoms with Gasteiger partial charge >= 0.3 is 0 Å². The topological polar surface area (TPSA) is 79.4 Å². The van der Waals surface area contributed by atoms with Crippen molar-refractivity contribution in [2.24, 2.45) is 11.8 Å². The molecule has 1 aliphatic heterocycles. The van der Waals surface area contributed by atoms with Crippen LogP contribution in [0.2, 0.25) is 0 Å². The second kappa shape index (κ2) is 10.2. The van der Waals surface area contributed by atoms with Gasteiger partial charge in [0.1, 0.15) is 10.0 Å². The van der Waals surface area contributed by atoms with E-state index >= 15 is 0 Å². The fraction of sp³-hybridized carbons (Fsp3) is 0.379. The molecule has 6 rings (SSSR count). The summed E-state index contributed by atoms with van der Waals surface area (Å²) in [6, 6.07) is 14.5. The van der Waals surface area contributed by atoms with Crippen molar-refractivity contribution < 1.29 is 13.2 Å². The van der Waals surface area contributed by atoms with Gasteiger partial charge in [-0.3, -0.25) is 4.79 Å². The Morgan fingerprint density at radius 1 is 1.00 bits per heavy atom. The Morgan fingerprint density at radius 3 is 2.55 bits per heavy atom. The average Bonchev–Trinajstić information content (AvgIpc) is 3.48. The maximum absolute atomic E-state index is 13.5. The van der Waals surface area contributed by atoms with E-state index in [0.29, 0.717) is 30.5 Å². The molecule has 2 atom stereocenters. The zero-order valence-electron chi connectivity index (χ0n) is 21.6. The molecular formula is C29H31N3O3S3. The van der Waals surface area contributed by atoms with Crippen LogP contribution in [0.1, 0.15) is 53.9 Å². The van der Waals surface area contributed by atoms with Gasteiger partial charge in [-0.2, -0.15) is 4.31 Å². The van der Waals surface area contributed by atoms with Gasteiger partial charge in [0.2, 0.25) is 10.0 Å². The monoisotopic (exact) mass is 565 g/mol. The number of carbonyl (C=O) groups is 1. The van der Waals surface area contributed by atoms with Crippen LogP contribution < -0.4 is 5.32 Å². The summed E-state index contributed by atoms with van der Waals surface area (Å²) >= 11 is 3.28. The Morgan fingerprint density at radius 2 is 1.76 bits per heavy atom. The lowest BCUT2D eigenvalue weighted by Crippen LogP contribution is -2.42. The molecule has 38 heavy (non-hydrogen) atoms. The number of sulfonamides is 1. The van der Waals surface area contributed by atoms with Crippen LogP contribution in [0, 0.1) is 11.8 Å². The van der Waals surface area contributed by atoms with Gasteiger partial charge in [-0.05, 0) is 79.8 Å². The number of anilines is 1. The number of para-hydroxylation sites is 1. The molecule has 1 amide bonds. The minimum atomic E-state index is -3.68. The van der Waals surface area contributed by atoms with Crippen LogP contribution >= 0.6 is 22.7 Å². The first-order valence-corrected chi connectivity index (χ1v) is 16.3. The number of carbonyl (C=O) groups excluding carboxylic acids is 1. The second-order valence-corrected chi connectivity index (χ2v) is 14.7. The van der Waals surface area contributed by atoms with Crippen molar-refractivity contribution in [3.05, 3.63) is 64.5 Å². The zero-order chi connectivity index (χ0) is 26.4. The first-order chi connectivity index (χ1) is 18.3. The lowest BCUT2D eigenvalue weighted by molar-refractivity contribution is 0.102. The fourth-order valence-electron chi connectivity index (χ4n) is 5.78. The van der Waals surface area contributed by atoms with Crippen molar-refractivity contribution in [3.8, 4) is 10.6 Å². The number of benzene rings is 2. The lowest BCUT2D eigenvalue weighted by Gasteiger charge is -2.34. The van der Waals surface area contributed by atoms with E-state index in [-0.39, 0.29) is 10.8 Å². The number of amides is 1. The molecule has 3 heterocycles. The van der Waals surface area contributed by atoms with Crippen LogP contribution in [0.4, 0.5) is 5.00 Å². The highest BCUT2D eigenvalue weighted by Gasteiger charge is 2.32. The summed E-state index contributed by atoms with van der Waals surface area (Å²) in [7, 11) is -3.68. The van der Waals surface area contributed by atoms with Crippen LogP contribution in [0.3, 0.4) is 0 Å². The Hall–Kier alpha value is -2.59. The van der Waals surface area contributed by atoms with Gasteiger partial charge in [0, 0.05) is 29.1 Å². The van der Waals surface area contributed by atoms with Gasteiger partial charge in [-0.25, -0.2) is 13.4 Å². The Kier molecular flexibility index (Phi) is 6.88. The molecule has 9 heteroatoms. The third-order valence-electron chi connectivity index (χ3n) is 7.48. The second-order valence-electron chi connectivity index (χ2n) is 10.7. The smallest absolute Gasteiger partial charge is 0.256 e. The number of nitrogens with one attached hydrogen (secondary N) is 1. The third kappa shape index (κ3) is 4.81. The van der Waals surface area contributed by atoms with Crippen LogP contribution in [-0.4, -0.2) is 36.7 Å². The van der Waals surface area contributed by atoms with Crippen molar-refractivity contribution in [3.63, 3.8) is 0 Å². The molecule has 1 N–H and O–H groups in total. The van der Waals surface area contributed by atoms with Gasteiger partial charge in [0.15, 0.2) is 0 Å². The molecule has 1 fully saturated rings. The van der Waals surface area contributed by atoms with Gasteiger partial charge in [-0.1, -0.05) is 32.0 Å². The van der Waals surface area contributed by atoms with E-state index in [0.717, 1.165) is 57.9 Å². The normalized spacial score (nSPS) is 20.4. The van der Waals surface area contributed by atoms with Crippen molar-refractivity contribution in [1.29, 1.82) is 0 Å². The minimum absolute atomic E-state index is 0.170. The minimum Gasteiger partial charge on any atom is -0.313 e. The van der Waals surface area contributed by atoms with Gasteiger partial charge < -0.3 is 5.32 Å². The number of aryl methyl sites for hydroxylation is 1. The number of nitrogens with zero attached hydrogens (tertiary/aromatic N) is 2. The first kappa shape index (κ1) is 25.7. The van der Waals surface area contributed by atoms with E-state index in [1.807, 2.05) is 18.2 Å². The molecule has 2 aromatic heterocycles. The van der Waals surface area contributed by atoms with Gasteiger partial charge in [-0.15, -0.1) is 22.7 Å². The van der Waals surface area contributed by atoms with E-state index in [1.165, 1.54) is 16.5 Å². The number of fused-ring (bicyclic) bond motifs is 2. The molecule has 0 radical (unpaired) electrons. The van der Waals surface area contributed by atoms with Crippen LogP contribution in [0.15, 0.2) is 53.4 Å². The van der Waals surface area contributed by atoms with E-state index in [4.69, 9.17) is 4.98 Å². The number of piperidine rings is 1. The van der Waals surface area contributed by atoms with Gasteiger partial charge in [0.05, 0.1) is 15.1 Å². The molecule has 2 unspecified atom stereocenters. The summed E-state index contributed by atoms with van der Waals surface area (Å²) in [5.41, 5.74) is 3.62. The summed E-state index contributed by atoms with van der Waals surface area (Å²) in [6.07, 6.45) is 5.29. The van der Waals surface area contributed by atoms with Crippen LogP contribution in [0.25, 0.3) is 20.8 Å². The molecule has 2 aromatic carbocycles. The van der Waals surface area contributed by atoms with Gasteiger partial charge in [0.25, 0.3) is 5.91 Å². The molecular weight excluding hydrogens is 535 g/mol. The highest BCUT2D eigenvalue weighted by molar-refractivity contribution is 7.89. The molecule has 0 spiro atoms. The number of hydrogen-bond donors (Lipinski definition) is 1. The number of rotatable bonds is 5. The number of thiophene rings is 1. The maximum atomic E-state index is 13.5. The third-order valence-corrected chi connectivity index (χ3v) is 11.6. The Bertz CT molecular complexity index is 1580. The number of thiazole rings is 1. The van der Waals surface area contributed by atoms with Crippen molar-refractivity contribution in [2.45, 2.75) is 50.8 Å². The number of hydrogen-bond acceptors (Lipinski definition) is 6. The predicted molar refractivity (Wildman–Crippen MR) is 156 cm³/mol. The highest BCUT2D eigenvalue weighted by Crippen LogP contribution is 2.46. The summed E-state index contributed by atoms with van der Waals surface area (Å²) in [5.74, 6) is 0.319. The summed E-state index contributed by atoms with van der Waals surface area (Å²) < 4.78 is 29.6. The molecule has 0 bridgehead atoms. The van der Waals surface area contributed by atoms with E-state index in [9.17, 15) is 13.2 Å². The predicted octanol–water partition coefficient (Wildman–Crippen LogP) is 6.82. The summed E-state index contributed by atoms with van der Waals surface area (Å²) in [6.45, 7) is 5.20. The zero-order valence-corrected chi connectivity index (χ0v) is 24.0. The highest BCUT2D eigenvalue weighted by atomic mass is 32.2. The molecule has 0 saturated carbocycles. The van der Waals surface area contributed by atoms with Crippen LogP contribution in [0.5, 0.6) is 0 Å². The molecule has 1 saturated heterocycles. The van der Waals surface area contributed by atoms with E-state index in [1.54, 1.807) is 45.2 Å². The maximum Gasteiger partial charge on any atom is 0.256 e. The average molecular weight is 566 g/mol. The van der Waals surface area contributed by atoms with E-state index < -0.39 is 10.0 Å². The van der Waals surface area contributed by atoms with Crippen molar-refractivity contribution in [1.82, 2.24) is 9.29 Å². The largest absolute Gasteiger partial charge is 0.313 e. The standard InChI is InChI=1S/C29H31N3O3S3/c1-18-14-19(2)17-32(16-18)38(34,35)21-9-7-8-20(15-21)27(33)31-29-26(22-10-3-5-12-24(22)36-29)28-30-23-11-4-6-13-25(23)37-28/h4,6-9,11,13,15,18-19H,3,5,10,12,14,16-17H2,1-2H3,(H,31,33). The lowest BCUT2D eigenvalue weighted by atomic mass is 9.94. The Labute approximate surface area is 231 Å². The van der Waals surface area contributed by atoms with Crippen molar-refractivity contribution >= 4 is 53.8 Å². The quantitative estimate of drug-likeness (QED) is 0.288. The Balaban J connectivity index is 1.32. The van der Waals surface area contributed by atoms with Crippen molar-refractivity contribution in [2.75, 3.05) is 18.4 Å². The fourth-order valence-corrected chi connectivity index (χ4v) is 9.90. The SMILES string of the molecule is CC1CC(C)CN(S(=O)(=O)c2cccc(C(=O)Nc3sc4c(c3-c3nc5ccccc5s3)CCCC4)c2)C1. The number of aromatic nitrogens is 1. The summed E-state index contributed by atoms with van der Waals surface area (Å²) in [4.78, 5) is 19.9. The molecule has 2 aliphatic rings. The van der Waals surface area contributed by atoms with Crippen LogP contribution in [-0.2, 0) is 22.9 Å². The molecule has 198 valence electrons. The van der Waals surface area contributed by atoms with E-state index in [2.05, 4.69) is 25.2 Å². The molecule has 4 aromatic rings. The molecule has 6 nitrogen and oxygen atoms in total. The first-order valence-electron chi connectivity index (χ1n) is 13.2. The molecule has 1 aliphatic carbocycles.